The highest BCUT2D eigenvalue weighted by molar-refractivity contribution is 7.89. The highest BCUT2D eigenvalue weighted by Crippen LogP contribution is 2.24. The quantitative estimate of drug-likeness (QED) is 0.845. The first-order valence-electron chi connectivity index (χ1n) is 7.80. The highest BCUT2D eigenvalue weighted by Gasteiger charge is 2.34. The number of nitrogens with zero attached hydrogens (tertiary/aromatic N) is 1. The molecule has 1 heterocycles. The van der Waals surface area contributed by atoms with Crippen LogP contribution in [-0.4, -0.2) is 51.5 Å². The Hall–Kier alpha value is -1.96. The lowest BCUT2D eigenvalue weighted by atomic mass is 10.1. The highest BCUT2D eigenvalue weighted by atomic mass is 32.2. The normalized spacial score (nSPS) is 19.3. The van der Waals surface area contributed by atoms with Gasteiger partial charge in [0.25, 0.3) is 0 Å². The monoisotopic (exact) mass is 348 g/mol. The summed E-state index contributed by atoms with van der Waals surface area (Å²) in [5.74, 6) is -0.414. The number of rotatable bonds is 4. The third kappa shape index (κ3) is 3.28. The zero-order valence-electron chi connectivity index (χ0n) is 13.4. The van der Waals surface area contributed by atoms with Gasteiger partial charge < -0.3 is 10.1 Å². The summed E-state index contributed by atoms with van der Waals surface area (Å²) in [6.07, 6.45) is 0.0380. The summed E-state index contributed by atoms with van der Waals surface area (Å²) in [5.41, 5.74) is 0. The minimum Gasteiger partial charge on any atom is -0.469 e. The number of ether oxygens (including phenoxy) is 1. The zero-order valence-corrected chi connectivity index (χ0v) is 14.3. The van der Waals surface area contributed by atoms with Crippen LogP contribution >= 0.6 is 0 Å². The Labute approximate surface area is 141 Å². The van der Waals surface area contributed by atoms with E-state index >= 15 is 0 Å². The lowest BCUT2D eigenvalue weighted by Crippen LogP contribution is -2.54. The number of esters is 1. The Balaban J connectivity index is 1.95. The summed E-state index contributed by atoms with van der Waals surface area (Å²) in [4.78, 5) is 11.8. The summed E-state index contributed by atoms with van der Waals surface area (Å²) < 4.78 is 32.2. The van der Waals surface area contributed by atoms with Crippen LogP contribution in [0.15, 0.2) is 47.4 Å². The van der Waals surface area contributed by atoms with Gasteiger partial charge in [0.1, 0.15) is 0 Å². The minimum atomic E-state index is -3.67. The fraction of sp³-hybridized carbons (Fsp3) is 0.353. The molecule has 0 aromatic heterocycles. The van der Waals surface area contributed by atoms with E-state index in [9.17, 15) is 13.2 Å². The molecule has 1 saturated heterocycles. The van der Waals surface area contributed by atoms with Crippen LogP contribution in [0.3, 0.4) is 0 Å². The van der Waals surface area contributed by atoms with Crippen LogP contribution in [-0.2, 0) is 19.6 Å². The van der Waals surface area contributed by atoms with Crippen molar-refractivity contribution in [1.29, 1.82) is 0 Å². The number of methoxy groups -OCH3 is 1. The molecule has 1 aliphatic heterocycles. The Morgan fingerprint density at radius 1 is 1.25 bits per heavy atom. The van der Waals surface area contributed by atoms with E-state index in [0.29, 0.717) is 19.6 Å². The Bertz CT molecular complexity index is 851. The van der Waals surface area contributed by atoms with Gasteiger partial charge in [0, 0.05) is 25.7 Å². The maximum atomic E-state index is 13.1. The molecular weight excluding hydrogens is 328 g/mol. The number of nitrogens with one attached hydrogen (secondary N) is 1. The number of hydrogen-bond acceptors (Lipinski definition) is 5. The van der Waals surface area contributed by atoms with Gasteiger partial charge in [0.05, 0.1) is 18.4 Å². The molecule has 1 aliphatic rings. The Kier molecular flexibility index (Phi) is 4.84. The van der Waals surface area contributed by atoms with Gasteiger partial charge in [0.15, 0.2) is 0 Å². The van der Waals surface area contributed by atoms with E-state index in [0.717, 1.165) is 10.8 Å². The van der Waals surface area contributed by atoms with E-state index < -0.39 is 22.0 Å². The van der Waals surface area contributed by atoms with Crippen molar-refractivity contribution in [3.05, 3.63) is 42.5 Å². The van der Waals surface area contributed by atoms with E-state index in [4.69, 9.17) is 0 Å². The number of carbonyl (C=O) groups excluding carboxylic acids is 1. The van der Waals surface area contributed by atoms with Crippen LogP contribution in [0.2, 0.25) is 0 Å². The first-order chi connectivity index (χ1) is 11.5. The molecule has 3 rings (SSSR count). The van der Waals surface area contributed by atoms with Crippen molar-refractivity contribution in [3.8, 4) is 0 Å². The van der Waals surface area contributed by atoms with E-state index in [2.05, 4.69) is 10.1 Å². The number of hydrogen-bond donors (Lipinski definition) is 1. The molecule has 2 aromatic rings. The molecule has 6 nitrogen and oxygen atoms in total. The van der Waals surface area contributed by atoms with Crippen molar-refractivity contribution in [3.63, 3.8) is 0 Å². The van der Waals surface area contributed by atoms with Crippen LogP contribution in [0.25, 0.3) is 10.8 Å². The van der Waals surface area contributed by atoms with Crippen molar-refractivity contribution in [2.24, 2.45) is 0 Å². The molecule has 0 bridgehead atoms. The number of sulfonamides is 1. The van der Waals surface area contributed by atoms with Crippen LogP contribution in [0.5, 0.6) is 0 Å². The molecule has 7 heteroatoms. The van der Waals surface area contributed by atoms with Crippen molar-refractivity contribution >= 4 is 26.8 Å². The molecule has 2 aromatic carbocycles. The second-order valence-electron chi connectivity index (χ2n) is 5.76. The fourth-order valence-electron chi connectivity index (χ4n) is 2.97. The third-order valence-corrected chi connectivity index (χ3v) is 6.20. The molecular formula is C17H20N2O4S. The fourth-order valence-corrected chi connectivity index (χ4v) is 4.63. The minimum absolute atomic E-state index is 0.0380. The molecule has 1 atom stereocenters. The zero-order chi connectivity index (χ0) is 17.2. The number of benzene rings is 2. The Morgan fingerprint density at radius 3 is 2.75 bits per heavy atom. The van der Waals surface area contributed by atoms with Crippen LogP contribution in [0.4, 0.5) is 0 Å². The molecule has 0 aliphatic carbocycles. The van der Waals surface area contributed by atoms with E-state index in [1.54, 1.807) is 18.2 Å². The molecule has 24 heavy (non-hydrogen) atoms. The average molecular weight is 348 g/mol. The summed E-state index contributed by atoms with van der Waals surface area (Å²) >= 11 is 0. The number of fused-ring (bicyclic) bond motifs is 1. The molecule has 1 N–H and O–H groups in total. The number of carbonyl (C=O) groups is 1. The predicted octanol–water partition coefficient (Wildman–Crippen LogP) is 1.37. The maximum Gasteiger partial charge on any atom is 0.307 e. The van der Waals surface area contributed by atoms with Gasteiger partial charge in [-0.1, -0.05) is 30.3 Å². The second kappa shape index (κ2) is 6.88. The average Bonchev–Trinajstić information content (AvgIpc) is 2.61. The van der Waals surface area contributed by atoms with Gasteiger partial charge in [-0.15, -0.1) is 0 Å². The largest absolute Gasteiger partial charge is 0.469 e. The lowest BCUT2D eigenvalue weighted by Gasteiger charge is -2.34. The Morgan fingerprint density at radius 2 is 2.00 bits per heavy atom. The topological polar surface area (TPSA) is 75.7 Å². The van der Waals surface area contributed by atoms with Crippen LogP contribution < -0.4 is 5.32 Å². The first-order valence-corrected chi connectivity index (χ1v) is 9.24. The van der Waals surface area contributed by atoms with Crippen molar-refractivity contribution < 1.29 is 17.9 Å². The predicted molar refractivity (Wildman–Crippen MR) is 91.1 cm³/mol. The van der Waals surface area contributed by atoms with Crippen LogP contribution in [0.1, 0.15) is 6.42 Å². The van der Waals surface area contributed by atoms with Crippen LogP contribution in [0, 0.1) is 0 Å². The standard InChI is InChI=1S/C17H20N2O4S/c1-23-17(20)11-15-12-18-8-9-19(15)24(21,22)16-7-6-13-4-2-3-5-14(13)10-16/h2-7,10,15,18H,8-9,11-12H2,1H3. The second-order valence-corrected chi connectivity index (χ2v) is 7.65. The molecule has 0 radical (unpaired) electrons. The van der Waals surface area contributed by atoms with E-state index in [-0.39, 0.29) is 11.3 Å². The van der Waals surface area contributed by atoms with E-state index in [1.165, 1.54) is 11.4 Å². The summed E-state index contributed by atoms with van der Waals surface area (Å²) in [7, 11) is -2.36. The third-order valence-electron chi connectivity index (χ3n) is 4.25. The van der Waals surface area contributed by atoms with Crippen molar-refractivity contribution in [2.75, 3.05) is 26.7 Å². The van der Waals surface area contributed by atoms with Crippen molar-refractivity contribution in [2.45, 2.75) is 17.4 Å². The van der Waals surface area contributed by atoms with Crippen molar-refractivity contribution in [1.82, 2.24) is 9.62 Å². The van der Waals surface area contributed by atoms with Gasteiger partial charge in [-0.05, 0) is 22.9 Å². The maximum absolute atomic E-state index is 13.1. The molecule has 128 valence electrons. The molecule has 0 saturated carbocycles. The SMILES string of the molecule is COC(=O)CC1CNCCN1S(=O)(=O)c1ccc2ccccc2c1. The summed E-state index contributed by atoms with van der Waals surface area (Å²) in [6.45, 7) is 1.32. The smallest absolute Gasteiger partial charge is 0.307 e. The number of piperazine rings is 1. The summed E-state index contributed by atoms with van der Waals surface area (Å²) in [6, 6.07) is 12.3. The molecule has 0 spiro atoms. The van der Waals surface area contributed by atoms with Gasteiger partial charge in [0.2, 0.25) is 10.0 Å². The van der Waals surface area contributed by atoms with E-state index in [1.807, 2.05) is 24.3 Å². The lowest BCUT2D eigenvalue weighted by molar-refractivity contribution is -0.141. The summed E-state index contributed by atoms with van der Waals surface area (Å²) in [5, 5.41) is 5.00. The van der Waals surface area contributed by atoms with Gasteiger partial charge >= 0.3 is 5.97 Å². The molecule has 1 unspecified atom stereocenters. The van der Waals surface area contributed by atoms with Gasteiger partial charge in [-0.25, -0.2) is 8.42 Å². The molecule has 1 fully saturated rings. The van der Waals surface area contributed by atoms with Gasteiger partial charge in [-0.3, -0.25) is 4.79 Å². The molecule has 0 amide bonds. The first kappa shape index (κ1) is 16.9. The van der Waals surface area contributed by atoms with Gasteiger partial charge in [-0.2, -0.15) is 4.31 Å².